The quantitative estimate of drug-likeness (QED) is 0.547. The molecule has 0 spiro atoms. The highest BCUT2D eigenvalue weighted by Crippen LogP contribution is 2.21. The van der Waals surface area contributed by atoms with E-state index < -0.39 is 0 Å². The highest BCUT2D eigenvalue weighted by molar-refractivity contribution is 7.11. The molecule has 1 aromatic heterocycles. The average molecular weight is 196 g/mol. The molecule has 0 atom stereocenters. The number of thiazole rings is 1. The summed E-state index contributed by atoms with van der Waals surface area (Å²) >= 11 is 1.69. The lowest BCUT2D eigenvalue weighted by Gasteiger charge is -1.95. The van der Waals surface area contributed by atoms with Gasteiger partial charge in [-0.15, -0.1) is 11.3 Å². The Bertz CT molecular complexity index is 313. The van der Waals surface area contributed by atoms with Crippen LogP contribution in [-0.4, -0.2) is 17.6 Å². The fraction of sp³-hybridized carbons (Fsp3) is 0.556. The van der Waals surface area contributed by atoms with Crippen LogP contribution in [-0.2, 0) is 11.2 Å². The molecular formula is C9H12N2OS. The summed E-state index contributed by atoms with van der Waals surface area (Å²) < 4.78 is 0. The Balaban J connectivity index is 2.53. The van der Waals surface area contributed by atoms with Crippen molar-refractivity contribution < 1.29 is 4.79 Å². The number of hydrogen-bond donors (Lipinski definition) is 0. The fourth-order valence-electron chi connectivity index (χ4n) is 0.917. The molecule has 1 rings (SSSR count). The van der Waals surface area contributed by atoms with Gasteiger partial charge in [0.1, 0.15) is 0 Å². The van der Waals surface area contributed by atoms with E-state index in [1.165, 1.54) is 11.0 Å². The van der Waals surface area contributed by atoms with Crippen LogP contribution in [0.3, 0.4) is 0 Å². The number of hydrogen-bond acceptors (Lipinski definition) is 4. The van der Waals surface area contributed by atoms with Crippen molar-refractivity contribution in [1.82, 2.24) is 4.98 Å². The summed E-state index contributed by atoms with van der Waals surface area (Å²) in [5.74, 6) is 0.480. The first kappa shape index (κ1) is 10.1. The van der Waals surface area contributed by atoms with Crippen molar-refractivity contribution in [3.05, 3.63) is 16.1 Å². The molecule has 0 saturated heterocycles. The monoisotopic (exact) mass is 196 g/mol. The van der Waals surface area contributed by atoms with E-state index in [-0.39, 0.29) is 0 Å². The second-order valence-electron chi connectivity index (χ2n) is 3.04. The molecule has 0 aliphatic rings. The van der Waals surface area contributed by atoms with Crippen LogP contribution in [0.1, 0.15) is 29.7 Å². The number of isocyanates is 1. The lowest BCUT2D eigenvalue weighted by Crippen LogP contribution is -1.83. The molecule has 3 nitrogen and oxygen atoms in total. The van der Waals surface area contributed by atoms with Crippen LogP contribution in [0.5, 0.6) is 0 Å². The first-order valence-corrected chi connectivity index (χ1v) is 5.04. The van der Waals surface area contributed by atoms with Gasteiger partial charge in [0.15, 0.2) is 0 Å². The lowest BCUT2D eigenvalue weighted by atomic mass is 10.2. The first-order chi connectivity index (χ1) is 6.24. The van der Waals surface area contributed by atoms with Crippen molar-refractivity contribution in [3.8, 4) is 0 Å². The van der Waals surface area contributed by atoms with Gasteiger partial charge in [-0.2, -0.15) is 0 Å². The molecule has 0 fully saturated rings. The van der Waals surface area contributed by atoms with E-state index in [0.717, 1.165) is 11.4 Å². The van der Waals surface area contributed by atoms with Gasteiger partial charge in [-0.3, -0.25) is 0 Å². The van der Waals surface area contributed by atoms with Gasteiger partial charge in [-0.25, -0.2) is 14.8 Å². The number of aliphatic imine (C=N–C) groups is 1. The number of rotatable bonds is 4. The van der Waals surface area contributed by atoms with Crippen molar-refractivity contribution in [2.45, 2.75) is 26.2 Å². The molecule has 0 unspecified atom stereocenters. The van der Waals surface area contributed by atoms with Crippen molar-refractivity contribution in [2.24, 2.45) is 4.99 Å². The molecule has 4 heteroatoms. The second kappa shape index (κ2) is 4.90. The van der Waals surface area contributed by atoms with Crippen LogP contribution in [0.2, 0.25) is 0 Å². The summed E-state index contributed by atoms with van der Waals surface area (Å²) in [7, 11) is 0. The van der Waals surface area contributed by atoms with Crippen LogP contribution in [0.4, 0.5) is 0 Å². The van der Waals surface area contributed by atoms with E-state index in [0.29, 0.717) is 12.5 Å². The molecule has 1 heterocycles. The summed E-state index contributed by atoms with van der Waals surface area (Å²) in [5, 5.41) is 1.14. The summed E-state index contributed by atoms with van der Waals surface area (Å²) in [6, 6.07) is 0. The van der Waals surface area contributed by atoms with Gasteiger partial charge in [0, 0.05) is 23.4 Å². The zero-order chi connectivity index (χ0) is 9.68. The zero-order valence-electron chi connectivity index (χ0n) is 7.78. The third-order valence-electron chi connectivity index (χ3n) is 1.60. The molecule has 70 valence electrons. The van der Waals surface area contributed by atoms with Crippen molar-refractivity contribution in [3.63, 3.8) is 0 Å². The van der Waals surface area contributed by atoms with Crippen molar-refractivity contribution in [2.75, 3.05) is 6.54 Å². The first-order valence-electron chi connectivity index (χ1n) is 4.22. The van der Waals surface area contributed by atoms with Crippen LogP contribution in [0, 0.1) is 0 Å². The maximum Gasteiger partial charge on any atom is 0.234 e. The minimum absolute atomic E-state index is 0.480. The van der Waals surface area contributed by atoms with Gasteiger partial charge >= 0.3 is 0 Å². The number of aromatic nitrogens is 1. The van der Waals surface area contributed by atoms with E-state index in [4.69, 9.17) is 0 Å². The summed E-state index contributed by atoms with van der Waals surface area (Å²) in [6.45, 7) is 4.75. The van der Waals surface area contributed by atoms with Crippen LogP contribution in [0.25, 0.3) is 0 Å². The second-order valence-corrected chi connectivity index (χ2v) is 4.19. The Morgan fingerprint density at radius 3 is 3.00 bits per heavy atom. The molecule has 13 heavy (non-hydrogen) atoms. The van der Waals surface area contributed by atoms with Gasteiger partial charge in [-0.1, -0.05) is 13.8 Å². The number of nitrogens with zero attached hydrogens (tertiary/aromatic N) is 2. The largest absolute Gasteiger partial charge is 0.249 e. The molecule has 0 aliphatic carbocycles. The van der Waals surface area contributed by atoms with E-state index in [9.17, 15) is 4.79 Å². The number of carbonyl (C=O) groups excluding carboxylic acids is 1. The van der Waals surface area contributed by atoms with Crippen molar-refractivity contribution >= 4 is 17.4 Å². The van der Waals surface area contributed by atoms with Gasteiger partial charge < -0.3 is 0 Å². The van der Waals surface area contributed by atoms with Gasteiger partial charge in [-0.05, 0) is 0 Å². The predicted octanol–water partition coefficient (Wildman–Crippen LogP) is 2.14. The molecular weight excluding hydrogens is 184 g/mol. The average Bonchev–Trinajstić information content (AvgIpc) is 2.53. The van der Waals surface area contributed by atoms with E-state index in [2.05, 4.69) is 23.8 Å². The molecule has 0 N–H and O–H groups in total. The van der Waals surface area contributed by atoms with E-state index >= 15 is 0 Å². The normalized spacial score (nSPS) is 10.1. The Labute approximate surface area is 81.5 Å². The SMILES string of the molecule is CC(C)c1ncc(CCN=C=O)s1. The molecule has 0 radical (unpaired) electrons. The van der Waals surface area contributed by atoms with Crippen LogP contribution >= 0.6 is 11.3 Å². The maximum absolute atomic E-state index is 9.80. The smallest absolute Gasteiger partial charge is 0.234 e. The fourth-order valence-corrected chi connectivity index (χ4v) is 1.83. The third kappa shape index (κ3) is 3.09. The van der Waals surface area contributed by atoms with Gasteiger partial charge in [0.05, 0.1) is 11.6 Å². The molecule has 0 saturated carbocycles. The molecule has 0 aromatic carbocycles. The van der Waals surface area contributed by atoms with Crippen LogP contribution < -0.4 is 0 Å². The Kier molecular flexibility index (Phi) is 3.80. The lowest BCUT2D eigenvalue weighted by molar-refractivity contribution is 0.563. The summed E-state index contributed by atoms with van der Waals surface area (Å²) in [6.07, 6.45) is 4.18. The molecule has 0 aliphatic heterocycles. The van der Waals surface area contributed by atoms with E-state index in [1.807, 2.05) is 6.20 Å². The zero-order valence-corrected chi connectivity index (χ0v) is 8.60. The van der Waals surface area contributed by atoms with E-state index in [1.54, 1.807) is 11.3 Å². The van der Waals surface area contributed by atoms with Crippen molar-refractivity contribution in [1.29, 1.82) is 0 Å². The minimum Gasteiger partial charge on any atom is -0.249 e. The minimum atomic E-state index is 0.480. The Hall–Kier alpha value is -0.990. The molecule has 0 bridgehead atoms. The third-order valence-corrected chi connectivity index (χ3v) is 2.96. The highest BCUT2D eigenvalue weighted by Gasteiger charge is 2.04. The topological polar surface area (TPSA) is 42.3 Å². The van der Waals surface area contributed by atoms with Crippen LogP contribution in [0.15, 0.2) is 11.2 Å². The maximum atomic E-state index is 9.80. The highest BCUT2D eigenvalue weighted by atomic mass is 32.1. The summed E-state index contributed by atoms with van der Waals surface area (Å²) in [4.78, 5) is 18.8. The Morgan fingerprint density at radius 2 is 2.46 bits per heavy atom. The molecule has 0 amide bonds. The van der Waals surface area contributed by atoms with Gasteiger partial charge in [0.2, 0.25) is 6.08 Å². The van der Waals surface area contributed by atoms with Gasteiger partial charge in [0.25, 0.3) is 0 Å². The predicted molar refractivity (Wildman–Crippen MR) is 52.9 cm³/mol. The Morgan fingerprint density at radius 1 is 1.69 bits per heavy atom. The standard InChI is InChI=1S/C9H12N2OS/c1-7(2)9-11-5-8(13-9)3-4-10-6-12/h5,7H,3-4H2,1-2H3. The molecule has 1 aromatic rings. The summed E-state index contributed by atoms with van der Waals surface area (Å²) in [5.41, 5.74) is 0.